The van der Waals surface area contributed by atoms with Gasteiger partial charge in [-0.2, -0.15) is 5.10 Å². The van der Waals surface area contributed by atoms with Crippen LogP contribution in [0.4, 0.5) is 11.5 Å². The van der Waals surface area contributed by atoms with Crippen LogP contribution in [0, 0.1) is 24.0 Å². The van der Waals surface area contributed by atoms with Gasteiger partial charge in [0, 0.05) is 5.69 Å². The summed E-state index contributed by atoms with van der Waals surface area (Å²) in [5.41, 5.74) is 3.85. The van der Waals surface area contributed by atoms with E-state index in [1.165, 1.54) is 16.8 Å². The highest BCUT2D eigenvalue weighted by Crippen LogP contribution is 2.20. The molecule has 0 aromatic carbocycles. The lowest BCUT2D eigenvalue weighted by Gasteiger charge is -2.06. The number of nitrogen functional groups attached to an aromatic ring is 1. The van der Waals surface area contributed by atoms with Crippen LogP contribution in [0.15, 0.2) is 18.2 Å². The van der Waals surface area contributed by atoms with Gasteiger partial charge in [0.25, 0.3) is 5.69 Å². The van der Waals surface area contributed by atoms with Crippen LogP contribution in [0.2, 0.25) is 0 Å². The molecule has 2 aromatic heterocycles. The molecule has 0 fully saturated rings. The van der Waals surface area contributed by atoms with E-state index in [1.54, 1.807) is 0 Å². The molecule has 0 bridgehead atoms. The Bertz CT molecular complexity index is 606. The fourth-order valence-electron chi connectivity index (χ4n) is 1.65. The number of hydrogen-bond acceptors (Lipinski definition) is 6. The van der Waals surface area contributed by atoms with Gasteiger partial charge < -0.3 is 5.43 Å². The minimum atomic E-state index is -0.502. The molecule has 2 heterocycles. The number of hydrazine groups is 1. The molecule has 0 unspecified atom stereocenters. The predicted molar refractivity (Wildman–Crippen MR) is 65.3 cm³/mol. The summed E-state index contributed by atoms with van der Waals surface area (Å²) in [6.07, 6.45) is 0. The first-order valence-electron chi connectivity index (χ1n) is 5.18. The van der Waals surface area contributed by atoms with Gasteiger partial charge in [0.05, 0.1) is 22.7 Å². The zero-order valence-electron chi connectivity index (χ0n) is 9.91. The summed E-state index contributed by atoms with van der Waals surface area (Å²) in [5, 5.41) is 15.0. The number of nitrogens with one attached hydrogen (secondary N) is 1. The van der Waals surface area contributed by atoms with E-state index in [4.69, 9.17) is 5.84 Å². The Morgan fingerprint density at radius 2 is 2.11 bits per heavy atom. The quantitative estimate of drug-likeness (QED) is 0.477. The van der Waals surface area contributed by atoms with Crippen LogP contribution >= 0.6 is 0 Å². The second kappa shape index (κ2) is 4.41. The summed E-state index contributed by atoms with van der Waals surface area (Å²) in [4.78, 5) is 14.5. The molecule has 94 valence electrons. The van der Waals surface area contributed by atoms with Crippen molar-refractivity contribution >= 4 is 11.5 Å². The van der Waals surface area contributed by atoms with Crippen LogP contribution in [0.1, 0.15) is 11.4 Å². The summed E-state index contributed by atoms with van der Waals surface area (Å²) in [7, 11) is 0. The summed E-state index contributed by atoms with van der Waals surface area (Å²) in [6.45, 7) is 3.68. The van der Waals surface area contributed by atoms with Gasteiger partial charge in [-0.25, -0.2) is 15.5 Å². The second-order valence-electron chi connectivity index (χ2n) is 3.81. The number of nitro groups is 1. The molecule has 0 aliphatic heterocycles. The van der Waals surface area contributed by atoms with E-state index >= 15 is 0 Å². The van der Waals surface area contributed by atoms with Crippen molar-refractivity contribution in [2.45, 2.75) is 13.8 Å². The van der Waals surface area contributed by atoms with Crippen LogP contribution in [0.5, 0.6) is 0 Å². The summed E-state index contributed by atoms with van der Waals surface area (Å²) >= 11 is 0. The molecule has 8 nitrogen and oxygen atoms in total. The minimum Gasteiger partial charge on any atom is -0.308 e. The summed E-state index contributed by atoms with van der Waals surface area (Å²) in [5.74, 6) is 5.81. The van der Waals surface area contributed by atoms with Crippen molar-refractivity contribution in [3.63, 3.8) is 0 Å². The van der Waals surface area contributed by atoms with E-state index in [0.717, 1.165) is 11.4 Å². The van der Waals surface area contributed by atoms with Gasteiger partial charge in [-0.15, -0.1) is 0 Å². The van der Waals surface area contributed by atoms with Gasteiger partial charge in [0.15, 0.2) is 5.82 Å². The van der Waals surface area contributed by atoms with Gasteiger partial charge in [-0.05, 0) is 19.9 Å². The Kier molecular flexibility index (Phi) is 2.94. The molecule has 0 aliphatic rings. The number of anilines is 1. The van der Waals surface area contributed by atoms with Gasteiger partial charge >= 0.3 is 0 Å². The molecular formula is C10H12N6O2. The van der Waals surface area contributed by atoms with Gasteiger partial charge in [0.2, 0.25) is 0 Å². The van der Waals surface area contributed by atoms with E-state index in [-0.39, 0.29) is 11.5 Å². The van der Waals surface area contributed by atoms with E-state index in [1.807, 2.05) is 19.9 Å². The smallest absolute Gasteiger partial charge is 0.276 e. The van der Waals surface area contributed by atoms with E-state index < -0.39 is 4.92 Å². The second-order valence-corrected chi connectivity index (χ2v) is 3.81. The van der Waals surface area contributed by atoms with Gasteiger partial charge in [-0.1, -0.05) is 0 Å². The van der Waals surface area contributed by atoms with Crippen LogP contribution in [0.25, 0.3) is 5.82 Å². The SMILES string of the molecule is Cc1cc(C)n(-c2cc([N+](=O)[O-])cc(NN)n2)n1. The Balaban J connectivity index is 2.60. The first-order valence-corrected chi connectivity index (χ1v) is 5.18. The first kappa shape index (κ1) is 12.0. The Hall–Kier alpha value is -2.48. The molecule has 0 amide bonds. The third-order valence-corrected chi connectivity index (χ3v) is 2.38. The lowest BCUT2D eigenvalue weighted by Crippen LogP contribution is -2.11. The number of aryl methyl sites for hydroxylation is 2. The highest BCUT2D eigenvalue weighted by molar-refractivity contribution is 5.50. The molecule has 0 spiro atoms. The normalized spacial score (nSPS) is 10.4. The van der Waals surface area contributed by atoms with Crippen molar-refractivity contribution in [2.75, 3.05) is 5.43 Å². The number of pyridine rings is 1. The van der Waals surface area contributed by atoms with Gasteiger partial charge in [-0.3, -0.25) is 10.1 Å². The standard InChI is InChI=1S/C10H12N6O2/c1-6-3-7(2)15(14-6)10-5-8(16(17)18)4-9(12-10)13-11/h3-5H,11H2,1-2H3,(H,12,13). The van der Waals surface area contributed by atoms with Crippen molar-refractivity contribution in [1.29, 1.82) is 0 Å². The summed E-state index contributed by atoms with van der Waals surface area (Å²) < 4.78 is 1.53. The van der Waals surface area contributed by atoms with E-state index in [9.17, 15) is 10.1 Å². The lowest BCUT2D eigenvalue weighted by atomic mass is 10.3. The molecule has 0 radical (unpaired) electrons. The van der Waals surface area contributed by atoms with Crippen molar-refractivity contribution in [3.8, 4) is 5.82 Å². The largest absolute Gasteiger partial charge is 0.308 e. The average Bonchev–Trinajstić information content (AvgIpc) is 2.67. The molecule has 8 heteroatoms. The van der Waals surface area contributed by atoms with Crippen molar-refractivity contribution < 1.29 is 4.92 Å². The number of aromatic nitrogens is 3. The predicted octanol–water partition coefficient (Wildman–Crippen LogP) is 1.08. The zero-order valence-corrected chi connectivity index (χ0v) is 9.91. The number of hydrogen-bond donors (Lipinski definition) is 2. The van der Waals surface area contributed by atoms with Crippen LogP contribution < -0.4 is 11.3 Å². The fourth-order valence-corrected chi connectivity index (χ4v) is 1.65. The molecule has 0 atom stereocenters. The van der Waals surface area contributed by atoms with Gasteiger partial charge in [0.1, 0.15) is 5.82 Å². The first-order chi connectivity index (χ1) is 8.51. The topological polar surface area (TPSA) is 112 Å². The fraction of sp³-hybridized carbons (Fsp3) is 0.200. The van der Waals surface area contributed by atoms with Crippen LogP contribution in [-0.4, -0.2) is 19.7 Å². The Morgan fingerprint density at radius 1 is 1.39 bits per heavy atom. The number of nitrogens with zero attached hydrogens (tertiary/aromatic N) is 4. The van der Waals surface area contributed by atoms with Crippen molar-refractivity contribution in [2.24, 2.45) is 5.84 Å². The molecule has 0 saturated carbocycles. The maximum Gasteiger partial charge on any atom is 0.276 e. The Labute approximate surface area is 103 Å². The van der Waals surface area contributed by atoms with Crippen molar-refractivity contribution in [3.05, 3.63) is 39.7 Å². The number of rotatable bonds is 3. The van der Waals surface area contributed by atoms with Crippen LogP contribution in [-0.2, 0) is 0 Å². The van der Waals surface area contributed by atoms with Crippen molar-refractivity contribution in [1.82, 2.24) is 14.8 Å². The monoisotopic (exact) mass is 248 g/mol. The zero-order chi connectivity index (χ0) is 13.3. The molecular weight excluding hydrogens is 236 g/mol. The third-order valence-electron chi connectivity index (χ3n) is 2.38. The molecule has 0 aliphatic carbocycles. The highest BCUT2D eigenvalue weighted by Gasteiger charge is 2.14. The maximum atomic E-state index is 10.8. The third kappa shape index (κ3) is 2.13. The highest BCUT2D eigenvalue weighted by atomic mass is 16.6. The molecule has 2 rings (SSSR count). The Morgan fingerprint density at radius 3 is 2.61 bits per heavy atom. The minimum absolute atomic E-state index is 0.0968. The molecule has 3 N–H and O–H groups in total. The van der Waals surface area contributed by atoms with E-state index in [2.05, 4.69) is 15.5 Å². The number of nitrogens with two attached hydrogens (primary N) is 1. The van der Waals surface area contributed by atoms with Crippen LogP contribution in [0.3, 0.4) is 0 Å². The molecule has 0 saturated heterocycles. The lowest BCUT2D eigenvalue weighted by molar-refractivity contribution is -0.384. The average molecular weight is 248 g/mol. The van der Waals surface area contributed by atoms with E-state index in [0.29, 0.717) is 5.82 Å². The molecule has 2 aromatic rings. The summed E-state index contributed by atoms with van der Waals surface area (Å²) in [6, 6.07) is 4.46. The maximum absolute atomic E-state index is 10.8. The molecule has 18 heavy (non-hydrogen) atoms.